The summed E-state index contributed by atoms with van der Waals surface area (Å²) >= 11 is 0. The van der Waals surface area contributed by atoms with Crippen molar-refractivity contribution >= 4 is 0 Å². The van der Waals surface area contributed by atoms with Crippen molar-refractivity contribution in [3.8, 4) is 0 Å². The Labute approximate surface area is 101 Å². The molecule has 2 aliphatic rings. The lowest BCUT2D eigenvalue weighted by molar-refractivity contribution is 0.0229. The molecule has 0 aromatic rings. The minimum Gasteiger partial charge on any atom is -0.328 e. The van der Waals surface area contributed by atoms with Gasteiger partial charge in [0.2, 0.25) is 0 Å². The minimum atomic E-state index is 0.457. The van der Waals surface area contributed by atoms with Gasteiger partial charge in [-0.1, -0.05) is 20.3 Å². The van der Waals surface area contributed by atoms with Crippen LogP contribution in [-0.2, 0) is 0 Å². The van der Waals surface area contributed by atoms with Crippen LogP contribution in [-0.4, -0.2) is 29.6 Å². The van der Waals surface area contributed by atoms with Gasteiger partial charge in [0.15, 0.2) is 0 Å². The molecule has 1 saturated heterocycles. The van der Waals surface area contributed by atoms with E-state index < -0.39 is 0 Å². The maximum Gasteiger partial charge on any atom is 0.0113 e. The Morgan fingerprint density at radius 1 is 1.06 bits per heavy atom. The second kappa shape index (κ2) is 5.05. The average molecular weight is 224 g/mol. The van der Waals surface area contributed by atoms with Crippen LogP contribution in [0.3, 0.4) is 0 Å². The van der Waals surface area contributed by atoms with Gasteiger partial charge in [0.25, 0.3) is 0 Å². The molecule has 0 aromatic heterocycles. The van der Waals surface area contributed by atoms with Gasteiger partial charge in [0, 0.05) is 24.7 Å². The summed E-state index contributed by atoms with van der Waals surface area (Å²) in [6.45, 7) is 8.52. The highest BCUT2D eigenvalue weighted by Gasteiger charge is 2.34. The van der Waals surface area contributed by atoms with Crippen molar-refractivity contribution in [1.29, 1.82) is 0 Å². The van der Waals surface area contributed by atoms with E-state index >= 15 is 0 Å². The molecule has 0 aromatic carbocycles. The van der Waals surface area contributed by atoms with Gasteiger partial charge < -0.3 is 5.73 Å². The average Bonchev–Trinajstić information content (AvgIpc) is 2.23. The molecule has 0 amide bonds. The quantitative estimate of drug-likeness (QED) is 0.742. The molecule has 5 unspecified atom stereocenters. The molecule has 2 N–H and O–H groups in total. The molecule has 1 saturated carbocycles. The lowest BCUT2D eigenvalue weighted by Gasteiger charge is -2.47. The van der Waals surface area contributed by atoms with Crippen molar-refractivity contribution in [2.24, 2.45) is 17.6 Å². The molecule has 16 heavy (non-hydrogen) atoms. The highest BCUT2D eigenvalue weighted by molar-refractivity contribution is 4.90. The summed E-state index contributed by atoms with van der Waals surface area (Å²) in [7, 11) is 0. The van der Waals surface area contributed by atoms with Crippen molar-refractivity contribution in [3.05, 3.63) is 0 Å². The Bertz CT molecular complexity index is 229. The number of nitrogens with zero attached hydrogens (tertiary/aromatic N) is 1. The van der Waals surface area contributed by atoms with Gasteiger partial charge in [-0.25, -0.2) is 0 Å². The first-order valence-electron chi connectivity index (χ1n) is 7.09. The molecule has 0 radical (unpaired) electrons. The number of rotatable bonds is 1. The third kappa shape index (κ3) is 2.60. The molecule has 2 nitrogen and oxygen atoms in total. The van der Waals surface area contributed by atoms with Gasteiger partial charge >= 0.3 is 0 Å². The first-order valence-corrected chi connectivity index (χ1v) is 7.09. The third-order valence-corrected chi connectivity index (χ3v) is 4.80. The Morgan fingerprint density at radius 2 is 1.81 bits per heavy atom. The van der Waals surface area contributed by atoms with E-state index in [2.05, 4.69) is 25.7 Å². The maximum atomic E-state index is 6.12. The summed E-state index contributed by atoms with van der Waals surface area (Å²) in [5, 5.41) is 0. The minimum absolute atomic E-state index is 0.457. The third-order valence-electron chi connectivity index (χ3n) is 4.80. The molecule has 1 aliphatic carbocycles. The summed E-state index contributed by atoms with van der Waals surface area (Å²) in [5.41, 5.74) is 6.12. The predicted molar refractivity (Wildman–Crippen MR) is 69.3 cm³/mol. The molecule has 94 valence electrons. The van der Waals surface area contributed by atoms with Crippen LogP contribution in [0.15, 0.2) is 0 Å². The topological polar surface area (TPSA) is 29.3 Å². The first-order chi connectivity index (χ1) is 7.58. The van der Waals surface area contributed by atoms with Crippen LogP contribution in [0, 0.1) is 11.8 Å². The Morgan fingerprint density at radius 3 is 2.50 bits per heavy atom. The number of likely N-dealkylation sites (tertiary alicyclic amines) is 1. The molecule has 1 heterocycles. The van der Waals surface area contributed by atoms with Crippen LogP contribution >= 0.6 is 0 Å². The van der Waals surface area contributed by atoms with E-state index in [4.69, 9.17) is 5.73 Å². The standard InChI is InChI=1S/C14H28N2/c1-10-7-11(2)12(3)16(9-10)14-6-4-5-13(15)8-14/h10-14H,4-9,15H2,1-3H3. The van der Waals surface area contributed by atoms with Crippen molar-refractivity contribution < 1.29 is 0 Å². The van der Waals surface area contributed by atoms with Crippen LogP contribution in [0.2, 0.25) is 0 Å². The van der Waals surface area contributed by atoms with Gasteiger partial charge in [0.05, 0.1) is 0 Å². The highest BCUT2D eigenvalue weighted by atomic mass is 15.2. The highest BCUT2D eigenvalue weighted by Crippen LogP contribution is 2.32. The number of hydrogen-bond donors (Lipinski definition) is 1. The fourth-order valence-electron chi connectivity index (χ4n) is 3.74. The van der Waals surface area contributed by atoms with Gasteiger partial charge in [-0.15, -0.1) is 0 Å². The van der Waals surface area contributed by atoms with E-state index in [1.807, 2.05) is 0 Å². The van der Waals surface area contributed by atoms with E-state index in [0.29, 0.717) is 6.04 Å². The number of nitrogens with two attached hydrogens (primary N) is 1. The molecule has 1 aliphatic heterocycles. The molecule has 2 fully saturated rings. The Hall–Kier alpha value is -0.0800. The summed E-state index contributed by atoms with van der Waals surface area (Å²) in [6, 6.07) is 1.98. The van der Waals surface area contributed by atoms with Crippen molar-refractivity contribution in [2.75, 3.05) is 6.54 Å². The lowest BCUT2D eigenvalue weighted by atomic mass is 9.82. The molecule has 0 bridgehead atoms. The van der Waals surface area contributed by atoms with E-state index in [0.717, 1.165) is 23.9 Å². The van der Waals surface area contributed by atoms with E-state index in [-0.39, 0.29) is 0 Å². The second-order valence-electron chi connectivity index (χ2n) is 6.34. The normalized spacial score (nSPS) is 46.9. The summed E-state index contributed by atoms with van der Waals surface area (Å²) < 4.78 is 0. The second-order valence-corrected chi connectivity index (χ2v) is 6.34. The lowest BCUT2D eigenvalue weighted by Crippen LogP contribution is -2.53. The molecule has 5 atom stereocenters. The summed E-state index contributed by atoms with van der Waals surface area (Å²) in [4.78, 5) is 2.76. The van der Waals surface area contributed by atoms with Crippen LogP contribution in [0.4, 0.5) is 0 Å². The van der Waals surface area contributed by atoms with E-state index in [1.165, 1.54) is 38.6 Å². The van der Waals surface area contributed by atoms with Crippen molar-refractivity contribution in [3.63, 3.8) is 0 Å². The van der Waals surface area contributed by atoms with Gasteiger partial charge in [-0.2, -0.15) is 0 Å². The van der Waals surface area contributed by atoms with Crippen LogP contribution in [0.25, 0.3) is 0 Å². The SMILES string of the molecule is CC1CC(C)C(C)N(C2CCCC(N)C2)C1. The molecular formula is C14H28N2. The van der Waals surface area contributed by atoms with Crippen LogP contribution < -0.4 is 5.73 Å². The smallest absolute Gasteiger partial charge is 0.0113 e. The zero-order valence-corrected chi connectivity index (χ0v) is 11.2. The summed E-state index contributed by atoms with van der Waals surface area (Å²) in [6.07, 6.45) is 6.57. The van der Waals surface area contributed by atoms with Gasteiger partial charge in [-0.3, -0.25) is 4.90 Å². The largest absolute Gasteiger partial charge is 0.328 e. The fraction of sp³-hybridized carbons (Fsp3) is 1.00. The summed E-state index contributed by atoms with van der Waals surface area (Å²) in [5.74, 6) is 1.71. The van der Waals surface area contributed by atoms with Crippen molar-refractivity contribution in [2.45, 2.75) is 71.0 Å². The Kier molecular flexibility index (Phi) is 3.91. The first kappa shape index (κ1) is 12.4. The van der Waals surface area contributed by atoms with E-state index in [1.54, 1.807) is 0 Å². The molecule has 2 heteroatoms. The maximum absolute atomic E-state index is 6.12. The van der Waals surface area contributed by atoms with Gasteiger partial charge in [0.1, 0.15) is 0 Å². The molecule has 2 rings (SSSR count). The van der Waals surface area contributed by atoms with Crippen molar-refractivity contribution in [1.82, 2.24) is 4.90 Å². The molecule has 0 spiro atoms. The zero-order chi connectivity index (χ0) is 11.7. The monoisotopic (exact) mass is 224 g/mol. The van der Waals surface area contributed by atoms with E-state index in [9.17, 15) is 0 Å². The fourth-order valence-corrected chi connectivity index (χ4v) is 3.74. The van der Waals surface area contributed by atoms with Gasteiger partial charge in [-0.05, 0) is 44.4 Å². The van der Waals surface area contributed by atoms with Crippen LogP contribution in [0.5, 0.6) is 0 Å². The predicted octanol–water partition coefficient (Wildman–Crippen LogP) is 2.62. The number of hydrogen-bond acceptors (Lipinski definition) is 2. The zero-order valence-electron chi connectivity index (χ0n) is 11.2. The number of piperidine rings is 1. The molecular weight excluding hydrogens is 196 g/mol. The Balaban J connectivity index is 2.00. The van der Waals surface area contributed by atoms with Crippen LogP contribution in [0.1, 0.15) is 52.9 Å².